The maximum absolute atomic E-state index is 11.9. The van der Waals surface area contributed by atoms with Gasteiger partial charge in [0, 0.05) is 19.3 Å². The number of rotatable bonds is 2. The van der Waals surface area contributed by atoms with E-state index in [0.29, 0.717) is 12.4 Å². The van der Waals surface area contributed by atoms with Crippen molar-refractivity contribution < 1.29 is 8.42 Å². The monoisotopic (exact) mass is 305 g/mol. The average Bonchev–Trinajstić information content (AvgIpc) is 2.77. The second-order valence-corrected chi connectivity index (χ2v) is 7.39. The molecule has 1 aliphatic heterocycles. The molecule has 0 amide bonds. The molecule has 2 N–H and O–H groups in total. The van der Waals surface area contributed by atoms with Crippen LogP contribution in [0.1, 0.15) is 12.0 Å². The van der Waals surface area contributed by atoms with Crippen LogP contribution in [0.3, 0.4) is 0 Å². The molecule has 5 nitrogen and oxygen atoms in total. The van der Waals surface area contributed by atoms with Gasteiger partial charge >= 0.3 is 0 Å². The number of nitrogens with zero attached hydrogens (tertiary/aromatic N) is 2. The van der Waals surface area contributed by atoms with Crippen LogP contribution in [-0.4, -0.2) is 25.8 Å². The van der Waals surface area contributed by atoms with Gasteiger partial charge in [-0.05, 0) is 48.2 Å². The molecular weight excluding hydrogens is 286 g/mol. The van der Waals surface area contributed by atoms with Gasteiger partial charge in [0.05, 0.1) is 11.9 Å². The third-order valence-corrected chi connectivity index (χ3v) is 5.19. The minimum absolute atomic E-state index is 0.558. The van der Waals surface area contributed by atoms with Gasteiger partial charge in [-0.2, -0.15) is 0 Å². The Labute approximate surface area is 125 Å². The molecular formula is C15H19N3O2S. The van der Waals surface area contributed by atoms with Crippen LogP contribution in [0.25, 0.3) is 11.3 Å². The highest BCUT2D eigenvalue weighted by atomic mass is 32.2. The molecule has 0 bridgehead atoms. The van der Waals surface area contributed by atoms with Gasteiger partial charge in [-0.3, -0.25) is 4.31 Å². The highest BCUT2D eigenvalue weighted by Gasteiger charge is 2.24. The Hall–Kier alpha value is -1.95. The maximum atomic E-state index is 11.9. The van der Waals surface area contributed by atoms with Crippen molar-refractivity contribution in [3.8, 4) is 11.3 Å². The van der Waals surface area contributed by atoms with E-state index < -0.39 is 10.0 Å². The van der Waals surface area contributed by atoms with E-state index in [0.717, 1.165) is 35.3 Å². The third-order valence-electron chi connectivity index (χ3n) is 4.01. The van der Waals surface area contributed by atoms with Gasteiger partial charge < -0.3 is 10.3 Å². The lowest BCUT2D eigenvalue weighted by Gasteiger charge is -2.29. The number of nitrogens with two attached hydrogens (primary N) is 1. The van der Waals surface area contributed by atoms with Crippen molar-refractivity contribution in [1.29, 1.82) is 0 Å². The lowest BCUT2D eigenvalue weighted by Crippen LogP contribution is -2.34. The standard InChI is InChI=1S/C15H19N3O2S/c1-17-13(7-8-15(17)16)12-5-6-14-11(10-12)4-3-9-18(14)21(2,19)20/h5-8,10H,3-4,9,16H2,1-2H3. The topological polar surface area (TPSA) is 68.3 Å². The van der Waals surface area contributed by atoms with Crippen LogP contribution in [0, 0.1) is 0 Å². The first-order valence-corrected chi connectivity index (χ1v) is 8.75. The van der Waals surface area contributed by atoms with E-state index in [4.69, 9.17) is 5.73 Å². The van der Waals surface area contributed by atoms with E-state index in [1.165, 1.54) is 10.6 Å². The lowest BCUT2D eigenvalue weighted by molar-refractivity contribution is 0.592. The fourth-order valence-corrected chi connectivity index (χ4v) is 3.88. The zero-order valence-electron chi connectivity index (χ0n) is 12.2. The summed E-state index contributed by atoms with van der Waals surface area (Å²) in [5, 5.41) is 0. The quantitative estimate of drug-likeness (QED) is 0.922. The van der Waals surface area contributed by atoms with E-state index >= 15 is 0 Å². The summed E-state index contributed by atoms with van der Waals surface area (Å²) in [6, 6.07) is 9.78. The van der Waals surface area contributed by atoms with E-state index in [1.807, 2.05) is 35.9 Å². The van der Waals surface area contributed by atoms with Crippen molar-refractivity contribution in [3.05, 3.63) is 35.9 Å². The zero-order valence-corrected chi connectivity index (χ0v) is 13.0. The van der Waals surface area contributed by atoms with Crippen LogP contribution in [0.5, 0.6) is 0 Å². The van der Waals surface area contributed by atoms with Gasteiger partial charge in [0.25, 0.3) is 0 Å². The summed E-state index contributed by atoms with van der Waals surface area (Å²) >= 11 is 0. The molecule has 0 saturated carbocycles. The number of hydrogen-bond acceptors (Lipinski definition) is 3. The van der Waals surface area contributed by atoms with Crippen molar-refractivity contribution in [2.24, 2.45) is 7.05 Å². The molecule has 21 heavy (non-hydrogen) atoms. The maximum Gasteiger partial charge on any atom is 0.232 e. The minimum Gasteiger partial charge on any atom is -0.385 e. The molecule has 1 aromatic carbocycles. The molecule has 1 aromatic heterocycles. The lowest BCUT2D eigenvalue weighted by atomic mass is 9.99. The van der Waals surface area contributed by atoms with Crippen molar-refractivity contribution in [3.63, 3.8) is 0 Å². The van der Waals surface area contributed by atoms with Gasteiger partial charge in [-0.25, -0.2) is 8.42 Å². The minimum atomic E-state index is -3.21. The van der Waals surface area contributed by atoms with Crippen molar-refractivity contribution in [1.82, 2.24) is 4.57 Å². The fraction of sp³-hybridized carbons (Fsp3) is 0.333. The molecule has 1 aliphatic rings. The third kappa shape index (κ3) is 2.40. The summed E-state index contributed by atoms with van der Waals surface area (Å²) in [6.45, 7) is 0.558. The van der Waals surface area contributed by atoms with Crippen LogP contribution < -0.4 is 10.0 Å². The van der Waals surface area contributed by atoms with Crippen molar-refractivity contribution >= 4 is 21.5 Å². The molecule has 0 radical (unpaired) electrons. The SMILES string of the molecule is Cn1c(N)ccc1-c1ccc2c(c1)CCCN2S(C)(=O)=O. The summed E-state index contributed by atoms with van der Waals surface area (Å²) < 4.78 is 27.2. The predicted molar refractivity (Wildman–Crippen MR) is 85.8 cm³/mol. The Balaban J connectivity index is 2.08. The summed E-state index contributed by atoms with van der Waals surface area (Å²) in [5.74, 6) is 0.709. The largest absolute Gasteiger partial charge is 0.385 e. The number of nitrogen functional groups attached to an aromatic ring is 1. The smallest absolute Gasteiger partial charge is 0.232 e. The summed E-state index contributed by atoms with van der Waals surface area (Å²) in [7, 11) is -1.29. The van der Waals surface area contributed by atoms with Gasteiger partial charge in [-0.15, -0.1) is 0 Å². The molecule has 0 spiro atoms. The van der Waals surface area contributed by atoms with Crippen LogP contribution >= 0.6 is 0 Å². The van der Waals surface area contributed by atoms with Gasteiger partial charge in [0.2, 0.25) is 10.0 Å². The number of sulfonamides is 1. The van der Waals surface area contributed by atoms with Crippen molar-refractivity contribution in [2.75, 3.05) is 22.8 Å². The second-order valence-electron chi connectivity index (χ2n) is 5.48. The normalized spacial score (nSPS) is 15.0. The molecule has 0 aliphatic carbocycles. The molecule has 3 rings (SSSR count). The number of hydrogen-bond donors (Lipinski definition) is 1. The first-order valence-electron chi connectivity index (χ1n) is 6.90. The average molecular weight is 305 g/mol. The molecule has 6 heteroatoms. The molecule has 0 saturated heterocycles. The first kappa shape index (κ1) is 14.0. The van der Waals surface area contributed by atoms with Gasteiger partial charge in [0.1, 0.15) is 5.82 Å². The fourth-order valence-electron chi connectivity index (χ4n) is 2.88. The summed E-state index contributed by atoms with van der Waals surface area (Å²) in [6.07, 6.45) is 3.00. The van der Waals surface area contributed by atoms with Crippen LogP contribution in [-0.2, 0) is 23.5 Å². The van der Waals surface area contributed by atoms with Gasteiger partial charge in [-0.1, -0.05) is 6.07 Å². The molecule has 0 atom stereocenters. The predicted octanol–water partition coefficient (Wildman–Crippen LogP) is 1.99. The van der Waals surface area contributed by atoms with Crippen LogP contribution in [0.15, 0.2) is 30.3 Å². The Kier molecular flexibility index (Phi) is 3.20. The summed E-state index contributed by atoms with van der Waals surface area (Å²) in [4.78, 5) is 0. The number of aryl methyl sites for hydroxylation is 1. The number of aromatic nitrogens is 1. The Morgan fingerprint density at radius 3 is 2.57 bits per heavy atom. The van der Waals surface area contributed by atoms with E-state index in [-0.39, 0.29) is 0 Å². The van der Waals surface area contributed by atoms with E-state index in [9.17, 15) is 8.42 Å². The molecule has 2 heterocycles. The Bertz CT molecular complexity index is 793. The molecule has 112 valence electrons. The second kappa shape index (κ2) is 4.80. The first-order chi connectivity index (χ1) is 9.88. The van der Waals surface area contributed by atoms with Crippen LogP contribution in [0.2, 0.25) is 0 Å². The number of benzene rings is 1. The molecule has 0 fully saturated rings. The summed E-state index contributed by atoms with van der Waals surface area (Å²) in [5.41, 5.74) is 9.84. The number of fused-ring (bicyclic) bond motifs is 1. The Morgan fingerprint density at radius 2 is 1.95 bits per heavy atom. The molecule has 0 unspecified atom stereocenters. The number of anilines is 2. The van der Waals surface area contributed by atoms with Crippen LogP contribution in [0.4, 0.5) is 11.5 Å². The molecule has 2 aromatic rings. The Morgan fingerprint density at radius 1 is 1.19 bits per heavy atom. The van der Waals surface area contributed by atoms with Gasteiger partial charge in [0.15, 0.2) is 0 Å². The van der Waals surface area contributed by atoms with Crippen molar-refractivity contribution in [2.45, 2.75) is 12.8 Å². The van der Waals surface area contributed by atoms with E-state index in [1.54, 1.807) is 0 Å². The van der Waals surface area contributed by atoms with E-state index in [2.05, 4.69) is 6.07 Å². The highest BCUT2D eigenvalue weighted by molar-refractivity contribution is 7.92. The highest BCUT2D eigenvalue weighted by Crippen LogP contribution is 2.33. The zero-order chi connectivity index (χ0) is 15.2.